The lowest BCUT2D eigenvalue weighted by Gasteiger charge is -2.11. The van der Waals surface area contributed by atoms with Crippen molar-refractivity contribution in [1.29, 1.82) is 0 Å². The lowest BCUT2D eigenvalue weighted by molar-refractivity contribution is -0.114. The van der Waals surface area contributed by atoms with E-state index in [1.165, 1.54) is 24.7 Å². The lowest BCUT2D eigenvalue weighted by atomic mass is 10.1. The summed E-state index contributed by atoms with van der Waals surface area (Å²) in [5, 5.41) is 4.03. The minimum Gasteiger partial charge on any atom is -0.490 e. The number of hydrogen-bond acceptors (Lipinski definition) is 6. The Morgan fingerprint density at radius 1 is 0.931 bits per heavy atom. The van der Waals surface area contributed by atoms with E-state index >= 15 is 0 Å². The molecule has 142 valence electrons. The van der Waals surface area contributed by atoms with Crippen LogP contribution < -0.4 is 10.1 Å². The van der Waals surface area contributed by atoms with Crippen molar-refractivity contribution < 1.29 is 14.3 Å². The van der Waals surface area contributed by atoms with Crippen LogP contribution in [0.2, 0.25) is 0 Å². The van der Waals surface area contributed by atoms with Gasteiger partial charge >= 0.3 is 0 Å². The molecule has 2 bridgehead atoms. The number of benzene rings is 2. The summed E-state index contributed by atoms with van der Waals surface area (Å²) in [5.74, 6) is -0.0227. The molecule has 4 rings (SSSR count). The number of fused-ring (bicyclic) bond motifs is 2. The molecule has 0 aliphatic carbocycles. The molecule has 0 atom stereocenters. The van der Waals surface area contributed by atoms with Gasteiger partial charge in [0, 0.05) is 28.9 Å². The van der Waals surface area contributed by atoms with Crippen molar-refractivity contribution in [1.82, 2.24) is 9.97 Å². The molecule has 0 saturated heterocycles. The second kappa shape index (κ2) is 8.22. The van der Waals surface area contributed by atoms with Gasteiger partial charge in [0.1, 0.15) is 24.5 Å². The average Bonchev–Trinajstić information content (AvgIpc) is 2.74. The van der Waals surface area contributed by atoms with Crippen LogP contribution in [0.1, 0.15) is 5.56 Å². The molecule has 0 unspecified atom stereocenters. The highest BCUT2D eigenvalue weighted by atomic mass is 16.5. The molecule has 29 heavy (non-hydrogen) atoms. The highest BCUT2D eigenvalue weighted by Crippen LogP contribution is 2.27. The van der Waals surface area contributed by atoms with Gasteiger partial charge in [0.15, 0.2) is 0 Å². The number of hydrogen-bond donors (Lipinski definition) is 1. The van der Waals surface area contributed by atoms with Crippen molar-refractivity contribution in [2.45, 2.75) is 0 Å². The molecule has 3 aromatic rings. The molecule has 1 aliphatic heterocycles. The summed E-state index contributed by atoms with van der Waals surface area (Å²) in [4.78, 5) is 39.6. The lowest BCUT2D eigenvalue weighted by Crippen LogP contribution is -2.01. The van der Waals surface area contributed by atoms with E-state index in [-0.39, 0.29) is 6.61 Å². The number of carbonyl (C=O) groups excluding carboxylic acids is 2. The number of nitrogens with zero attached hydrogens (tertiary/aromatic N) is 4. The Bertz CT molecular complexity index is 1180. The average molecular weight is 385 g/mol. The monoisotopic (exact) mass is 385 g/mol. The van der Waals surface area contributed by atoms with Gasteiger partial charge in [0.2, 0.25) is 0 Å². The van der Waals surface area contributed by atoms with Crippen LogP contribution in [-0.4, -0.2) is 40.8 Å². The summed E-state index contributed by atoms with van der Waals surface area (Å²) < 4.78 is 5.67. The topological polar surface area (TPSA) is 106 Å². The third kappa shape index (κ3) is 4.38. The molecule has 1 aliphatic rings. The number of aliphatic imine (C=N–C) groups is 2. The van der Waals surface area contributed by atoms with Gasteiger partial charge in [0.25, 0.3) is 11.8 Å². The fraction of sp³-hybridized carbons (Fsp3) is 0.0476. The van der Waals surface area contributed by atoms with Crippen molar-refractivity contribution in [2.24, 2.45) is 9.98 Å². The Hall–Kier alpha value is -4.20. The minimum atomic E-state index is -0.641. The van der Waals surface area contributed by atoms with Crippen LogP contribution >= 0.6 is 0 Å². The van der Waals surface area contributed by atoms with Crippen LogP contribution in [0.15, 0.2) is 70.9 Å². The van der Waals surface area contributed by atoms with E-state index in [2.05, 4.69) is 25.3 Å². The Labute approximate surface area is 165 Å². The first-order valence-corrected chi connectivity index (χ1v) is 8.75. The molecule has 1 N–H and O–H groups in total. The number of amides is 2. The van der Waals surface area contributed by atoms with Crippen LogP contribution in [0.3, 0.4) is 0 Å². The van der Waals surface area contributed by atoms with E-state index in [4.69, 9.17) is 4.74 Å². The Morgan fingerprint density at radius 3 is 2.72 bits per heavy atom. The maximum absolute atomic E-state index is 11.9. The van der Waals surface area contributed by atoms with Crippen molar-refractivity contribution in [3.63, 3.8) is 0 Å². The largest absolute Gasteiger partial charge is 0.490 e. The molecule has 1 aromatic heterocycles. The number of anilines is 2. The predicted molar refractivity (Wildman–Crippen MR) is 110 cm³/mol. The van der Waals surface area contributed by atoms with Gasteiger partial charge in [-0.2, -0.15) is 0 Å². The second-order valence-corrected chi connectivity index (χ2v) is 6.02. The number of ether oxygens (including phenoxy) is 1. The first kappa shape index (κ1) is 18.2. The van der Waals surface area contributed by atoms with Gasteiger partial charge in [-0.15, -0.1) is 0 Å². The van der Waals surface area contributed by atoms with Gasteiger partial charge in [-0.25, -0.2) is 20.0 Å². The molecule has 0 fully saturated rings. The molecule has 8 nitrogen and oxygen atoms in total. The van der Waals surface area contributed by atoms with Gasteiger partial charge in [-0.1, -0.05) is 18.2 Å². The maximum Gasteiger partial charge on any atom is 0.288 e. The van der Waals surface area contributed by atoms with E-state index in [9.17, 15) is 9.59 Å². The van der Waals surface area contributed by atoms with Crippen LogP contribution in [0, 0.1) is 0 Å². The summed E-state index contributed by atoms with van der Waals surface area (Å²) in [5.41, 5.74) is 2.12. The van der Waals surface area contributed by atoms with Crippen molar-refractivity contribution in [3.8, 4) is 5.75 Å². The van der Waals surface area contributed by atoms with Crippen LogP contribution in [-0.2, 0) is 9.59 Å². The summed E-state index contributed by atoms with van der Waals surface area (Å²) in [6, 6.07) is 12.8. The van der Waals surface area contributed by atoms with Gasteiger partial charge in [-0.05, 0) is 30.3 Å². The summed E-state index contributed by atoms with van der Waals surface area (Å²) >= 11 is 0. The third-order valence-corrected chi connectivity index (χ3v) is 4.06. The summed E-state index contributed by atoms with van der Waals surface area (Å²) in [7, 11) is 0. The summed E-state index contributed by atoms with van der Waals surface area (Å²) in [6.45, 7) is 0.165. The first-order valence-electron chi connectivity index (χ1n) is 8.75. The van der Waals surface area contributed by atoms with Crippen molar-refractivity contribution in [2.75, 3.05) is 11.9 Å². The minimum absolute atomic E-state index is 0.165. The fourth-order valence-electron chi connectivity index (χ4n) is 2.70. The van der Waals surface area contributed by atoms with E-state index in [1.54, 1.807) is 12.1 Å². The van der Waals surface area contributed by atoms with Gasteiger partial charge in [-0.3, -0.25) is 9.59 Å². The van der Waals surface area contributed by atoms with Crippen LogP contribution in [0.5, 0.6) is 5.75 Å². The van der Waals surface area contributed by atoms with Crippen LogP contribution in [0.4, 0.5) is 11.5 Å². The number of nitrogens with one attached hydrogen (secondary N) is 1. The first-order chi connectivity index (χ1) is 14.2. The van der Waals surface area contributed by atoms with E-state index < -0.39 is 11.8 Å². The quantitative estimate of drug-likeness (QED) is 0.638. The Morgan fingerprint density at radius 2 is 1.79 bits per heavy atom. The number of para-hydroxylation sites is 1. The fourth-order valence-corrected chi connectivity index (χ4v) is 2.70. The molecule has 2 heterocycles. The zero-order chi connectivity index (χ0) is 20.1. The van der Waals surface area contributed by atoms with Crippen molar-refractivity contribution in [3.05, 3.63) is 66.5 Å². The second-order valence-electron chi connectivity index (χ2n) is 6.02. The highest BCUT2D eigenvalue weighted by molar-refractivity contribution is 6.30. The van der Waals surface area contributed by atoms with E-state index in [0.717, 1.165) is 17.1 Å². The molecule has 0 saturated carbocycles. The van der Waals surface area contributed by atoms with Gasteiger partial charge < -0.3 is 10.1 Å². The SMILES string of the molecule is O=C1C=CCOc2ccc3ncnc(c3c2)Nc2ccccc2C=NC(=O)C=N1. The highest BCUT2D eigenvalue weighted by Gasteiger charge is 2.08. The molecule has 8 heteroatoms. The molecular weight excluding hydrogens is 370 g/mol. The normalized spacial score (nSPS) is 14.3. The number of carbonyl (C=O) groups is 2. The smallest absolute Gasteiger partial charge is 0.288 e. The predicted octanol–water partition coefficient (Wildman–Crippen LogP) is 2.86. The number of rotatable bonds is 0. The zero-order valence-corrected chi connectivity index (χ0v) is 15.1. The molecule has 2 amide bonds. The maximum atomic E-state index is 11.9. The van der Waals surface area contributed by atoms with E-state index in [0.29, 0.717) is 22.8 Å². The standard InChI is InChI=1S/C21H15N5O3/c27-19-6-3-9-29-15-7-8-18-16(10-15)21(25-13-24-18)26-17-5-2-1-4-14(17)11-22-20(28)12-23-19/h1-8,10-13H,9H2,(H,24,25,26). The number of aromatic nitrogens is 2. The van der Waals surface area contributed by atoms with Crippen molar-refractivity contribution >= 4 is 46.7 Å². The van der Waals surface area contributed by atoms with Crippen LogP contribution in [0.25, 0.3) is 10.9 Å². The molecular formula is C21H15N5O3. The Balaban J connectivity index is 1.81. The summed E-state index contributed by atoms with van der Waals surface area (Å²) in [6.07, 6.45) is 6.52. The molecule has 0 radical (unpaired) electrons. The Kier molecular flexibility index (Phi) is 5.15. The molecule has 2 aromatic carbocycles. The van der Waals surface area contributed by atoms with Gasteiger partial charge in [0.05, 0.1) is 11.7 Å². The van der Waals surface area contributed by atoms with E-state index in [1.807, 2.05) is 30.3 Å². The molecule has 0 spiro atoms. The third-order valence-electron chi connectivity index (χ3n) is 4.06. The zero-order valence-electron chi connectivity index (χ0n) is 15.1.